The lowest BCUT2D eigenvalue weighted by Gasteiger charge is -2.48. The summed E-state index contributed by atoms with van der Waals surface area (Å²) < 4.78 is 19.6. The molecule has 20 heavy (non-hydrogen) atoms. The van der Waals surface area contributed by atoms with Crippen molar-refractivity contribution < 1.29 is 9.13 Å². The lowest BCUT2D eigenvalue weighted by atomic mass is 9.96. The molecular weight excluding hydrogens is 255 g/mol. The third kappa shape index (κ3) is 3.30. The zero-order valence-electron chi connectivity index (χ0n) is 13.0. The van der Waals surface area contributed by atoms with E-state index in [-0.39, 0.29) is 23.1 Å². The van der Waals surface area contributed by atoms with Crippen LogP contribution in [0.2, 0.25) is 0 Å². The first-order valence-electron chi connectivity index (χ1n) is 7.10. The molecule has 112 valence electrons. The molecule has 0 aliphatic carbocycles. The standard InChI is InChI=1S/C16H25FN2O/c1-11(18)13-8-12(17)6-7-14(13)19-9-15(2,3)20-16(4,5)10-19/h6-8,11H,9-10,18H2,1-5H3. The van der Waals surface area contributed by atoms with Crippen LogP contribution in [0, 0.1) is 5.82 Å². The van der Waals surface area contributed by atoms with Crippen molar-refractivity contribution in [3.63, 3.8) is 0 Å². The number of morpholine rings is 1. The van der Waals surface area contributed by atoms with Crippen LogP contribution in [0.5, 0.6) is 0 Å². The van der Waals surface area contributed by atoms with Crippen LogP contribution in [-0.4, -0.2) is 24.3 Å². The largest absolute Gasteiger partial charge is 0.366 e. The number of hydrogen-bond donors (Lipinski definition) is 1. The van der Waals surface area contributed by atoms with Gasteiger partial charge in [0.1, 0.15) is 5.82 Å². The fraction of sp³-hybridized carbons (Fsp3) is 0.625. The molecule has 1 aliphatic heterocycles. The number of nitrogens with two attached hydrogens (primary N) is 1. The van der Waals surface area contributed by atoms with Crippen LogP contribution in [0.15, 0.2) is 18.2 Å². The van der Waals surface area contributed by atoms with Crippen molar-refractivity contribution in [2.45, 2.75) is 51.9 Å². The predicted molar refractivity (Wildman–Crippen MR) is 80.5 cm³/mol. The van der Waals surface area contributed by atoms with Crippen LogP contribution in [0.4, 0.5) is 10.1 Å². The number of rotatable bonds is 2. The van der Waals surface area contributed by atoms with Gasteiger partial charge in [0.25, 0.3) is 0 Å². The molecule has 1 atom stereocenters. The molecule has 1 heterocycles. The molecule has 0 saturated carbocycles. The first kappa shape index (κ1) is 15.3. The SMILES string of the molecule is CC(N)c1cc(F)ccc1N1CC(C)(C)OC(C)(C)C1. The third-order valence-electron chi connectivity index (χ3n) is 3.52. The van der Waals surface area contributed by atoms with E-state index < -0.39 is 0 Å². The first-order valence-corrected chi connectivity index (χ1v) is 7.10. The molecule has 2 N–H and O–H groups in total. The molecule has 1 aliphatic rings. The van der Waals surface area contributed by atoms with Crippen molar-refractivity contribution in [1.82, 2.24) is 0 Å². The summed E-state index contributed by atoms with van der Waals surface area (Å²) in [6.07, 6.45) is 0. The summed E-state index contributed by atoms with van der Waals surface area (Å²) in [6.45, 7) is 11.7. The minimum atomic E-state index is -0.245. The van der Waals surface area contributed by atoms with Gasteiger partial charge < -0.3 is 15.4 Å². The molecular formula is C16H25FN2O. The summed E-state index contributed by atoms with van der Waals surface area (Å²) in [4.78, 5) is 2.25. The number of anilines is 1. The highest BCUT2D eigenvalue weighted by molar-refractivity contribution is 5.56. The van der Waals surface area contributed by atoms with Crippen molar-refractivity contribution in [2.24, 2.45) is 5.73 Å². The summed E-state index contributed by atoms with van der Waals surface area (Å²) in [6, 6.07) is 4.66. The molecule has 1 aromatic carbocycles. The summed E-state index contributed by atoms with van der Waals surface area (Å²) in [5, 5.41) is 0. The second-order valence-electron chi connectivity index (χ2n) is 6.97. The average molecular weight is 280 g/mol. The van der Waals surface area contributed by atoms with Gasteiger partial charge in [-0.25, -0.2) is 4.39 Å². The molecule has 0 aromatic heterocycles. The Hall–Kier alpha value is -1.13. The van der Waals surface area contributed by atoms with Gasteiger partial charge in [-0.05, 0) is 58.4 Å². The van der Waals surface area contributed by atoms with Gasteiger partial charge in [-0.2, -0.15) is 0 Å². The van der Waals surface area contributed by atoms with Gasteiger partial charge in [0, 0.05) is 24.8 Å². The Morgan fingerprint density at radius 2 is 1.75 bits per heavy atom. The number of ether oxygens (including phenoxy) is 1. The molecule has 0 amide bonds. The molecule has 1 aromatic rings. The lowest BCUT2D eigenvalue weighted by molar-refractivity contribution is -0.133. The topological polar surface area (TPSA) is 38.5 Å². The Morgan fingerprint density at radius 1 is 1.20 bits per heavy atom. The molecule has 4 heteroatoms. The Morgan fingerprint density at radius 3 is 2.25 bits per heavy atom. The highest BCUT2D eigenvalue weighted by atomic mass is 19.1. The maximum Gasteiger partial charge on any atom is 0.123 e. The normalized spacial score (nSPS) is 22.6. The van der Waals surface area contributed by atoms with Crippen LogP contribution in [-0.2, 0) is 4.74 Å². The summed E-state index contributed by atoms with van der Waals surface area (Å²) in [7, 11) is 0. The smallest absolute Gasteiger partial charge is 0.123 e. The minimum absolute atomic E-state index is 0.199. The van der Waals surface area contributed by atoms with E-state index >= 15 is 0 Å². The molecule has 0 spiro atoms. The number of nitrogens with zero attached hydrogens (tertiary/aromatic N) is 1. The molecule has 0 bridgehead atoms. The van der Waals surface area contributed by atoms with Gasteiger partial charge in [-0.1, -0.05) is 0 Å². The van der Waals surface area contributed by atoms with Crippen molar-refractivity contribution in [3.8, 4) is 0 Å². The Balaban J connectivity index is 2.40. The molecule has 2 rings (SSSR count). The van der Waals surface area contributed by atoms with E-state index in [0.717, 1.165) is 24.3 Å². The molecule has 1 saturated heterocycles. The molecule has 3 nitrogen and oxygen atoms in total. The monoisotopic (exact) mass is 280 g/mol. The van der Waals surface area contributed by atoms with Crippen molar-refractivity contribution in [3.05, 3.63) is 29.6 Å². The highest BCUT2D eigenvalue weighted by Gasteiger charge is 2.38. The van der Waals surface area contributed by atoms with Crippen LogP contribution in [0.3, 0.4) is 0 Å². The second-order valence-corrected chi connectivity index (χ2v) is 6.97. The number of hydrogen-bond acceptors (Lipinski definition) is 3. The first-order chi connectivity index (χ1) is 9.10. The average Bonchev–Trinajstić information content (AvgIpc) is 2.24. The summed E-state index contributed by atoms with van der Waals surface area (Å²) in [5.41, 5.74) is 7.36. The summed E-state index contributed by atoms with van der Waals surface area (Å²) in [5.74, 6) is -0.243. The Bertz CT molecular complexity index is 481. The fourth-order valence-electron chi connectivity index (χ4n) is 3.14. The van der Waals surface area contributed by atoms with E-state index in [2.05, 4.69) is 32.6 Å². The zero-order chi connectivity index (χ0) is 15.1. The highest BCUT2D eigenvalue weighted by Crippen LogP contribution is 2.34. The van der Waals surface area contributed by atoms with Gasteiger partial charge in [0.05, 0.1) is 11.2 Å². The van der Waals surface area contributed by atoms with E-state index in [1.165, 1.54) is 12.1 Å². The number of halogens is 1. The maximum absolute atomic E-state index is 13.5. The third-order valence-corrected chi connectivity index (χ3v) is 3.52. The Labute approximate surface area is 120 Å². The Kier molecular flexibility index (Phi) is 3.82. The fourth-order valence-corrected chi connectivity index (χ4v) is 3.14. The van der Waals surface area contributed by atoms with E-state index in [0.29, 0.717) is 0 Å². The number of benzene rings is 1. The van der Waals surface area contributed by atoms with Gasteiger partial charge in [-0.15, -0.1) is 0 Å². The quantitative estimate of drug-likeness (QED) is 0.904. The van der Waals surface area contributed by atoms with Gasteiger partial charge >= 0.3 is 0 Å². The molecule has 0 radical (unpaired) electrons. The van der Waals surface area contributed by atoms with Crippen molar-refractivity contribution >= 4 is 5.69 Å². The van der Waals surface area contributed by atoms with Gasteiger partial charge in [0.15, 0.2) is 0 Å². The molecule has 1 unspecified atom stereocenters. The van der Waals surface area contributed by atoms with Gasteiger partial charge in [-0.3, -0.25) is 0 Å². The van der Waals surface area contributed by atoms with Crippen LogP contribution in [0.1, 0.15) is 46.2 Å². The zero-order valence-corrected chi connectivity index (χ0v) is 13.0. The second kappa shape index (κ2) is 5.01. The van der Waals surface area contributed by atoms with Gasteiger partial charge in [0.2, 0.25) is 0 Å². The molecule has 1 fully saturated rings. The van der Waals surface area contributed by atoms with Crippen LogP contribution in [0.25, 0.3) is 0 Å². The minimum Gasteiger partial charge on any atom is -0.366 e. The summed E-state index contributed by atoms with van der Waals surface area (Å²) >= 11 is 0. The van der Waals surface area contributed by atoms with Crippen LogP contribution < -0.4 is 10.6 Å². The van der Waals surface area contributed by atoms with Crippen molar-refractivity contribution in [1.29, 1.82) is 0 Å². The van der Waals surface area contributed by atoms with Crippen molar-refractivity contribution in [2.75, 3.05) is 18.0 Å². The van der Waals surface area contributed by atoms with E-state index in [9.17, 15) is 4.39 Å². The van der Waals surface area contributed by atoms with E-state index in [1.807, 2.05) is 13.0 Å². The van der Waals surface area contributed by atoms with E-state index in [1.54, 1.807) is 0 Å². The lowest BCUT2D eigenvalue weighted by Crippen LogP contribution is -2.57. The van der Waals surface area contributed by atoms with E-state index in [4.69, 9.17) is 10.5 Å². The maximum atomic E-state index is 13.5. The predicted octanol–water partition coefficient (Wildman–Crippen LogP) is 3.24. The van der Waals surface area contributed by atoms with Crippen LogP contribution >= 0.6 is 0 Å².